The van der Waals surface area contributed by atoms with E-state index >= 15 is 0 Å². The third kappa shape index (κ3) is 4.12. The van der Waals surface area contributed by atoms with Gasteiger partial charge in [0.05, 0.1) is 0 Å². The maximum absolute atomic E-state index is 10.2. The Kier molecular flexibility index (Phi) is 5.55. The van der Waals surface area contributed by atoms with Gasteiger partial charge < -0.3 is 14.8 Å². The van der Waals surface area contributed by atoms with Gasteiger partial charge in [0.25, 0.3) is 0 Å². The Labute approximate surface area is 182 Å². The van der Waals surface area contributed by atoms with Crippen LogP contribution in [-0.2, 0) is 12.8 Å². The minimum Gasteiger partial charge on any atom is -0.508 e. The Morgan fingerprint density at radius 2 is 1.65 bits per heavy atom. The van der Waals surface area contributed by atoms with Gasteiger partial charge in [-0.1, -0.05) is 72.8 Å². The van der Waals surface area contributed by atoms with Crippen LogP contribution in [0.5, 0.6) is 5.75 Å². The van der Waals surface area contributed by atoms with Crippen LogP contribution >= 0.6 is 0 Å². The molecule has 0 saturated carbocycles. The maximum atomic E-state index is 10.2. The summed E-state index contributed by atoms with van der Waals surface area (Å²) < 4.78 is 6.24. The van der Waals surface area contributed by atoms with Gasteiger partial charge in [0.15, 0.2) is 11.7 Å². The summed E-state index contributed by atoms with van der Waals surface area (Å²) in [4.78, 5) is 4.85. The van der Waals surface area contributed by atoms with Crippen LogP contribution in [0.15, 0.2) is 83.3 Å². The molecule has 1 unspecified atom stereocenters. The van der Waals surface area contributed by atoms with Crippen LogP contribution in [0.2, 0.25) is 0 Å². The molecule has 0 radical (unpaired) electrons. The molecule has 5 rings (SSSR count). The number of oxazole rings is 1. The largest absolute Gasteiger partial charge is 0.508 e. The molecule has 31 heavy (non-hydrogen) atoms. The Morgan fingerprint density at radius 3 is 2.42 bits per heavy atom. The van der Waals surface area contributed by atoms with Crippen LogP contribution in [-0.4, -0.2) is 16.6 Å². The minimum absolute atomic E-state index is 0.257. The van der Waals surface area contributed by atoms with Gasteiger partial charge in [-0.3, -0.25) is 0 Å². The van der Waals surface area contributed by atoms with Crippen LogP contribution in [0.25, 0.3) is 22.6 Å². The van der Waals surface area contributed by atoms with Gasteiger partial charge in [0, 0.05) is 30.1 Å². The van der Waals surface area contributed by atoms with Crippen LogP contribution in [0, 0.1) is 0 Å². The highest BCUT2D eigenvalue weighted by Gasteiger charge is 2.22. The quantitative estimate of drug-likeness (QED) is 0.414. The second-order valence-corrected chi connectivity index (χ2v) is 8.01. The van der Waals surface area contributed by atoms with Crippen molar-refractivity contribution in [2.24, 2.45) is 0 Å². The van der Waals surface area contributed by atoms with E-state index in [2.05, 4.69) is 35.6 Å². The number of phenolic OH excluding ortho intramolecular Hbond substituents is 1. The first-order valence-electron chi connectivity index (χ1n) is 10.9. The van der Waals surface area contributed by atoms with Crippen LogP contribution < -0.4 is 5.32 Å². The molecule has 4 aromatic rings. The van der Waals surface area contributed by atoms with E-state index in [-0.39, 0.29) is 6.04 Å². The zero-order valence-electron chi connectivity index (χ0n) is 17.4. The smallest absolute Gasteiger partial charge is 0.196 e. The molecule has 0 amide bonds. The van der Waals surface area contributed by atoms with E-state index in [1.807, 2.05) is 42.5 Å². The van der Waals surface area contributed by atoms with Crippen LogP contribution in [0.4, 0.5) is 0 Å². The predicted octanol–water partition coefficient (Wildman–Crippen LogP) is 5.92. The lowest BCUT2D eigenvalue weighted by Crippen LogP contribution is -2.27. The summed E-state index contributed by atoms with van der Waals surface area (Å²) in [6.45, 7) is 0.767. The molecular weight excluding hydrogens is 384 g/mol. The number of aromatic nitrogens is 1. The van der Waals surface area contributed by atoms with Crippen molar-refractivity contribution in [2.75, 3.05) is 6.54 Å². The van der Waals surface area contributed by atoms with Crippen molar-refractivity contribution in [3.63, 3.8) is 0 Å². The summed E-state index contributed by atoms with van der Waals surface area (Å²) in [7, 11) is 0. The molecule has 1 atom stereocenters. The second-order valence-electron chi connectivity index (χ2n) is 8.01. The summed E-state index contributed by atoms with van der Waals surface area (Å²) in [6.07, 6.45) is 3.81. The Balaban J connectivity index is 1.35. The van der Waals surface area contributed by atoms with Crippen molar-refractivity contribution >= 4 is 0 Å². The first-order valence-corrected chi connectivity index (χ1v) is 10.9. The Hall–Kier alpha value is -3.37. The molecule has 3 aromatic carbocycles. The van der Waals surface area contributed by atoms with Gasteiger partial charge in [-0.25, -0.2) is 4.98 Å². The number of benzene rings is 3. The van der Waals surface area contributed by atoms with Crippen molar-refractivity contribution in [1.82, 2.24) is 10.3 Å². The Morgan fingerprint density at radius 1 is 0.903 bits per heavy atom. The lowest BCUT2D eigenvalue weighted by molar-refractivity contribution is 0.422. The molecule has 2 N–H and O–H groups in total. The van der Waals surface area contributed by atoms with E-state index in [0.29, 0.717) is 12.2 Å². The van der Waals surface area contributed by atoms with Gasteiger partial charge in [0.2, 0.25) is 0 Å². The van der Waals surface area contributed by atoms with Crippen molar-refractivity contribution in [2.45, 2.75) is 31.7 Å². The lowest BCUT2D eigenvalue weighted by Gasteiger charge is -2.26. The number of hydrogen-bond acceptors (Lipinski definition) is 4. The van der Waals surface area contributed by atoms with Gasteiger partial charge in [-0.05, 0) is 36.5 Å². The number of nitrogens with one attached hydrogen (secondary N) is 1. The molecule has 1 aliphatic carbocycles. The molecule has 156 valence electrons. The summed E-state index contributed by atoms with van der Waals surface area (Å²) in [6, 6.07) is 26.4. The first kappa shape index (κ1) is 19.6. The van der Waals surface area contributed by atoms with Gasteiger partial charge >= 0.3 is 0 Å². The number of phenols is 1. The summed E-state index contributed by atoms with van der Waals surface area (Å²) in [5.74, 6) is 1.96. The van der Waals surface area contributed by atoms with E-state index in [0.717, 1.165) is 59.8 Å². The second kappa shape index (κ2) is 8.78. The van der Waals surface area contributed by atoms with E-state index < -0.39 is 0 Å². The minimum atomic E-state index is 0.257. The first-order chi connectivity index (χ1) is 15.3. The molecule has 0 fully saturated rings. The topological polar surface area (TPSA) is 58.3 Å². The van der Waals surface area contributed by atoms with E-state index in [1.165, 1.54) is 5.56 Å². The van der Waals surface area contributed by atoms with Crippen molar-refractivity contribution in [3.05, 3.63) is 95.9 Å². The van der Waals surface area contributed by atoms with Crippen LogP contribution in [0.3, 0.4) is 0 Å². The number of fused-ring (bicyclic) bond motifs is 1. The van der Waals surface area contributed by atoms with E-state index in [1.54, 1.807) is 6.07 Å². The van der Waals surface area contributed by atoms with Gasteiger partial charge in [-0.2, -0.15) is 0 Å². The highest BCUT2D eigenvalue weighted by Crippen LogP contribution is 2.35. The number of hydrogen-bond donors (Lipinski definition) is 2. The standard InChI is InChI=1S/C27H26N2O2/c30-24-16-8-13-21-22(24)14-7-15-23(21)28-18-17-25-29-26(19-9-3-1-4-10-19)27(31-25)20-11-5-2-6-12-20/h1-6,8-13,16,23,28,30H,7,14-15,17-18H2. The SMILES string of the molecule is Oc1cccc2c1CCCC2NCCc1nc(-c2ccccc2)c(-c2ccccc2)o1. The average molecular weight is 411 g/mol. The number of rotatable bonds is 6. The van der Waals surface area contributed by atoms with E-state index in [9.17, 15) is 5.11 Å². The summed E-state index contributed by atoms with van der Waals surface area (Å²) in [5, 5.41) is 13.8. The molecule has 1 aromatic heterocycles. The van der Waals surface area contributed by atoms with Gasteiger partial charge in [0.1, 0.15) is 11.4 Å². The normalized spacial score (nSPS) is 15.5. The molecule has 0 spiro atoms. The monoisotopic (exact) mass is 410 g/mol. The predicted molar refractivity (Wildman–Crippen MR) is 123 cm³/mol. The molecule has 4 nitrogen and oxygen atoms in total. The third-order valence-electron chi connectivity index (χ3n) is 5.97. The molecule has 4 heteroatoms. The highest BCUT2D eigenvalue weighted by molar-refractivity contribution is 5.76. The fourth-order valence-electron chi connectivity index (χ4n) is 4.44. The molecule has 1 aliphatic rings. The average Bonchev–Trinajstić information content (AvgIpc) is 3.25. The molecule has 0 aliphatic heterocycles. The fourth-order valence-corrected chi connectivity index (χ4v) is 4.44. The van der Waals surface area contributed by atoms with Crippen molar-refractivity contribution < 1.29 is 9.52 Å². The fraction of sp³-hybridized carbons (Fsp3) is 0.222. The molecular formula is C27H26N2O2. The zero-order chi connectivity index (χ0) is 21.0. The number of aromatic hydroxyl groups is 1. The summed E-state index contributed by atoms with van der Waals surface area (Å²) in [5.41, 5.74) is 5.27. The molecule has 1 heterocycles. The van der Waals surface area contributed by atoms with Crippen molar-refractivity contribution in [3.8, 4) is 28.3 Å². The number of nitrogens with zero attached hydrogens (tertiary/aromatic N) is 1. The lowest BCUT2D eigenvalue weighted by atomic mass is 9.87. The van der Waals surface area contributed by atoms with Crippen LogP contribution in [0.1, 0.15) is 35.9 Å². The third-order valence-corrected chi connectivity index (χ3v) is 5.97. The molecule has 0 bridgehead atoms. The summed E-state index contributed by atoms with van der Waals surface area (Å²) >= 11 is 0. The molecule has 0 saturated heterocycles. The van der Waals surface area contributed by atoms with Crippen molar-refractivity contribution in [1.29, 1.82) is 0 Å². The highest BCUT2D eigenvalue weighted by atomic mass is 16.4. The zero-order valence-corrected chi connectivity index (χ0v) is 17.4. The maximum Gasteiger partial charge on any atom is 0.196 e. The van der Waals surface area contributed by atoms with E-state index in [4.69, 9.17) is 9.40 Å². The Bertz CT molecular complexity index is 1100. The van der Waals surface area contributed by atoms with Gasteiger partial charge in [-0.15, -0.1) is 0 Å².